The number of aryl methyl sites for hydroxylation is 1. The second-order valence-corrected chi connectivity index (χ2v) is 7.99. The summed E-state index contributed by atoms with van der Waals surface area (Å²) < 4.78 is 27.9. The Kier molecular flexibility index (Phi) is 4.19. The van der Waals surface area contributed by atoms with Gasteiger partial charge in [0.1, 0.15) is 0 Å². The highest BCUT2D eigenvalue weighted by atomic mass is 32.2. The van der Waals surface area contributed by atoms with Crippen molar-refractivity contribution in [3.05, 3.63) is 36.0 Å². The molecule has 0 radical (unpaired) electrons. The predicted octanol–water partition coefficient (Wildman–Crippen LogP) is 3.35. The number of nitrogens with zero attached hydrogens (tertiary/aromatic N) is 2. The monoisotopic (exact) mass is 318 g/mol. The predicted molar refractivity (Wildman–Crippen MR) is 88.3 cm³/mol. The third kappa shape index (κ3) is 2.88. The molecule has 1 aromatic carbocycles. The van der Waals surface area contributed by atoms with Gasteiger partial charge in [0.2, 0.25) is 10.0 Å². The fourth-order valence-electron chi connectivity index (χ4n) is 2.80. The van der Waals surface area contributed by atoms with Crippen LogP contribution in [0.2, 0.25) is 0 Å². The van der Waals surface area contributed by atoms with Crippen molar-refractivity contribution >= 4 is 20.9 Å². The summed E-state index contributed by atoms with van der Waals surface area (Å²) in [5.74, 6) is 0.538. The molecule has 0 aliphatic heterocycles. The summed E-state index contributed by atoms with van der Waals surface area (Å²) in [7, 11) is -3.47. The van der Waals surface area contributed by atoms with Gasteiger partial charge in [0.15, 0.2) is 0 Å². The Morgan fingerprint density at radius 1 is 1.27 bits per heavy atom. The normalized spacial score (nSPS) is 15.6. The van der Waals surface area contributed by atoms with Crippen molar-refractivity contribution in [2.24, 2.45) is 5.92 Å². The molecule has 4 nitrogen and oxygen atoms in total. The van der Waals surface area contributed by atoms with Crippen LogP contribution in [-0.4, -0.2) is 30.8 Å². The van der Waals surface area contributed by atoms with Crippen molar-refractivity contribution in [1.29, 1.82) is 0 Å². The summed E-state index contributed by atoms with van der Waals surface area (Å²) in [6.45, 7) is 5.20. The van der Waals surface area contributed by atoms with Gasteiger partial charge in [-0.2, -0.15) is 4.31 Å². The second kappa shape index (κ2) is 5.97. The van der Waals surface area contributed by atoms with Crippen LogP contribution in [0, 0.1) is 12.8 Å². The number of hydrogen-bond acceptors (Lipinski definition) is 3. The Bertz CT molecular complexity index is 782. The maximum Gasteiger partial charge on any atom is 0.243 e. The first kappa shape index (κ1) is 15.4. The quantitative estimate of drug-likeness (QED) is 0.820. The van der Waals surface area contributed by atoms with E-state index >= 15 is 0 Å². The molecule has 1 aliphatic carbocycles. The third-order valence-electron chi connectivity index (χ3n) is 4.18. The molecule has 2 aromatic rings. The van der Waals surface area contributed by atoms with E-state index in [0.717, 1.165) is 35.7 Å². The Morgan fingerprint density at radius 3 is 2.73 bits per heavy atom. The summed E-state index contributed by atoms with van der Waals surface area (Å²) in [4.78, 5) is 4.74. The Hall–Kier alpha value is -1.46. The van der Waals surface area contributed by atoms with Gasteiger partial charge >= 0.3 is 0 Å². The molecule has 1 fully saturated rings. The van der Waals surface area contributed by atoms with Crippen LogP contribution in [0.15, 0.2) is 35.4 Å². The first-order valence-corrected chi connectivity index (χ1v) is 9.32. The Labute approximate surface area is 132 Å². The van der Waals surface area contributed by atoms with Crippen LogP contribution in [0.1, 0.15) is 31.7 Å². The highest BCUT2D eigenvalue weighted by Gasteiger charge is 2.32. The Morgan fingerprint density at radius 2 is 2.05 bits per heavy atom. The van der Waals surface area contributed by atoms with Gasteiger partial charge in [-0.25, -0.2) is 8.42 Å². The molecule has 0 unspecified atom stereocenters. The highest BCUT2D eigenvalue weighted by Crippen LogP contribution is 2.33. The smallest absolute Gasteiger partial charge is 0.243 e. The average Bonchev–Trinajstić information content (AvgIpc) is 3.31. The van der Waals surface area contributed by atoms with E-state index in [9.17, 15) is 8.42 Å². The fourth-order valence-corrected chi connectivity index (χ4v) is 4.59. The van der Waals surface area contributed by atoms with Gasteiger partial charge in [-0.15, -0.1) is 0 Å². The fraction of sp³-hybridized carbons (Fsp3) is 0.471. The molecule has 0 bridgehead atoms. The first-order valence-electron chi connectivity index (χ1n) is 7.88. The lowest BCUT2D eigenvalue weighted by Gasteiger charge is -2.22. The summed E-state index contributed by atoms with van der Waals surface area (Å²) in [6, 6.07) is 7.23. The number of rotatable bonds is 6. The van der Waals surface area contributed by atoms with Crippen molar-refractivity contribution in [2.45, 2.75) is 38.0 Å². The molecule has 0 atom stereocenters. The molecular formula is C17H22N2O2S. The van der Waals surface area contributed by atoms with E-state index in [2.05, 4.69) is 4.98 Å². The van der Waals surface area contributed by atoms with Gasteiger partial charge in [0, 0.05) is 24.7 Å². The zero-order valence-corrected chi connectivity index (χ0v) is 13.9. The standard InChI is InChI=1S/C17H22N2O2S/c1-3-11-19(12-14-7-8-14)22(20,21)16-9-6-13(2)17-15(16)5-4-10-18-17/h4-6,9-10,14H,3,7-8,11-12H2,1-2H3. The SMILES string of the molecule is CCCN(CC1CC1)S(=O)(=O)c1ccc(C)c2ncccc12. The summed E-state index contributed by atoms with van der Waals surface area (Å²) in [5.41, 5.74) is 1.77. The number of pyridine rings is 1. The molecular weight excluding hydrogens is 296 g/mol. The maximum absolute atomic E-state index is 13.1. The summed E-state index contributed by atoms with van der Waals surface area (Å²) in [6.07, 6.45) is 4.83. The third-order valence-corrected chi connectivity index (χ3v) is 6.10. The maximum atomic E-state index is 13.1. The van der Waals surface area contributed by atoms with Gasteiger partial charge in [0.05, 0.1) is 10.4 Å². The van der Waals surface area contributed by atoms with Gasteiger partial charge in [-0.1, -0.05) is 13.0 Å². The lowest BCUT2D eigenvalue weighted by molar-refractivity contribution is 0.396. The number of aromatic nitrogens is 1. The molecule has 1 aromatic heterocycles. The number of benzene rings is 1. The molecule has 0 amide bonds. The largest absolute Gasteiger partial charge is 0.256 e. The van der Waals surface area contributed by atoms with Crippen molar-refractivity contribution in [3.8, 4) is 0 Å². The van der Waals surface area contributed by atoms with Gasteiger partial charge in [-0.3, -0.25) is 4.98 Å². The van der Waals surface area contributed by atoms with E-state index in [0.29, 0.717) is 23.9 Å². The first-order chi connectivity index (χ1) is 10.5. The van der Waals surface area contributed by atoms with E-state index in [1.165, 1.54) is 0 Å². The second-order valence-electron chi connectivity index (χ2n) is 6.09. The van der Waals surface area contributed by atoms with Gasteiger partial charge < -0.3 is 0 Å². The van der Waals surface area contributed by atoms with E-state index in [1.807, 2.05) is 26.0 Å². The molecule has 1 heterocycles. The van der Waals surface area contributed by atoms with Crippen molar-refractivity contribution in [3.63, 3.8) is 0 Å². The minimum absolute atomic E-state index is 0.385. The number of hydrogen-bond donors (Lipinski definition) is 0. The molecule has 5 heteroatoms. The molecule has 0 spiro atoms. The van der Waals surface area contributed by atoms with Crippen molar-refractivity contribution in [2.75, 3.05) is 13.1 Å². The molecule has 1 aliphatic rings. The summed E-state index contributed by atoms with van der Waals surface area (Å²) >= 11 is 0. The highest BCUT2D eigenvalue weighted by molar-refractivity contribution is 7.89. The number of sulfonamides is 1. The van der Waals surface area contributed by atoms with Crippen LogP contribution in [-0.2, 0) is 10.0 Å². The van der Waals surface area contributed by atoms with Crippen molar-refractivity contribution < 1.29 is 8.42 Å². The lowest BCUT2D eigenvalue weighted by atomic mass is 10.1. The van der Waals surface area contributed by atoms with Crippen LogP contribution < -0.4 is 0 Å². The molecule has 0 N–H and O–H groups in total. The van der Waals surface area contributed by atoms with E-state index in [-0.39, 0.29) is 0 Å². The van der Waals surface area contributed by atoms with Crippen molar-refractivity contribution in [1.82, 2.24) is 9.29 Å². The zero-order valence-electron chi connectivity index (χ0n) is 13.1. The topological polar surface area (TPSA) is 50.3 Å². The minimum atomic E-state index is -3.47. The molecule has 1 saturated carbocycles. The zero-order chi connectivity index (χ0) is 15.7. The van der Waals surface area contributed by atoms with Crippen LogP contribution in [0.5, 0.6) is 0 Å². The van der Waals surface area contributed by atoms with Crippen LogP contribution in [0.4, 0.5) is 0 Å². The van der Waals surface area contributed by atoms with E-state index in [4.69, 9.17) is 0 Å². The van der Waals surface area contributed by atoms with Crippen LogP contribution in [0.25, 0.3) is 10.9 Å². The average molecular weight is 318 g/mol. The lowest BCUT2D eigenvalue weighted by Crippen LogP contribution is -2.33. The minimum Gasteiger partial charge on any atom is -0.256 e. The molecule has 118 valence electrons. The van der Waals surface area contributed by atoms with E-state index in [1.54, 1.807) is 22.6 Å². The van der Waals surface area contributed by atoms with Crippen LogP contribution >= 0.6 is 0 Å². The molecule has 22 heavy (non-hydrogen) atoms. The Balaban J connectivity index is 2.09. The summed E-state index contributed by atoms with van der Waals surface area (Å²) in [5, 5.41) is 0.722. The molecule has 3 rings (SSSR count). The van der Waals surface area contributed by atoms with E-state index < -0.39 is 10.0 Å². The number of fused-ring (bicyclic) bond motifs is 1. The van der Waals surface area contributed by atoms with Crippen LogP contribution in [0.3, 0.4) is 0 Å². The molecule has 0 saturated heterocycles. The van der Waals surface area contributed by atoms with Gasteiger partial charge in [0.25, 0.3) is 0 Å². The van der Waals surface area contributed by atoms with Gasteiger partial charge in [-0.05, 0) is 55.9 Å².